The molecule has 0 saturated heterocycles. The first-order chi connectivity index (χ1) is 6.24. The molecule has 0 aliphatic heterocycles. The summed E-state index contributed by atoms with van der Waals surface area (Å²) in [7, 11) is 0. The van der Waals surface area contributed by atoms with Gasteiger partial charge in [0.15, 0.2) is 0 Å². The zero-order chi connectivity index (χ0) is 9.68. The number of rotatable bonds is 3. The van der Waals surface area contributed by atoms with Crippen LogP contribution in [0, 0.1) is 0 Å². The van der Waals surface area contributed by atoms with E-state index in [1.807, 2.05) is 19.1 Å². The van der Waals surface area contributed by atoms with E-state index in [0.29, 0.717) is 17.9 Å². The molecule has 1 aromatic heterocycles. The highest BCUT2D eigenvalue weighted by Crippen LogP contribution is 2.03. The molecule has 70 valence electrons. The average molecular weight is 179 g/mol. The van der Waals surface area contributed by atoms with Crippen molar-refractivity contribution < 1.29 is 4.79 Å². The lowest BCUT2D eigenvalue weighted by molar-refractivity contribution is 0.0953. The van der Waals surface area contributed by atoms with Crippen molar-refractivity contribution in [1.29, 1.82) is 0 Å². The molecule has 4 heteroatoms. The number of carbonyl (C=O) groups is 1. The van der Waals surface area contributed by atoms with Gasteiger partial charge in [-0.1, -0.05) is 12.2 Å². The Labute approximate surface area is 76.8 Å². The largest absolute Gasteiger partial charge is 0.397 e. The second kappa shape index (κ2) is 4.35. The zero-order valence-corrected chi connectivity index (χ0v) is 7.50. The first-order valence-corrected chi connectivity index (χ1v) is 4.07. The molecule has 0 radical (unpaired) electrons. The van der Waals surface area contributed by atoms with Gasteiger partial charge in [0.1, 0.15) is 5.69 Å². The molecular formula is C9H13N3O. The smallest absolute Gasteiger partial charge is 0.268 e. The van der Waals surface area contributed by atoms with Gasteiger partial charge in [-0.3, -0.25) is 4.79 Å². The van der Waals surface area contributed by atoms with Crippen molar-refractivity contribution >= 4 is 11.6 Å². The summed E-state index contributed by atoms with van der Waals surface area (Å²) in [6.07, 6.45) is 5.33. The Morgan fingerprint density at radius 3 is 3.08 bits per heavy atom. The number of amides is 1. The van der Waals surface area contributed by atoms with Gasteiger partial charge >= 0.3 is 0 Å². The number of aromatic nitrogens is 1. The van der Waals surface area contributed by atoms with Gasteiger partial charge in [0.25, 0.3) is 5.91 Å². The predicted molar refractivity (Wildman–Crippen MR) is 52.4 cm³/mol. The predicted octanol–water partition coefficient (Wildman–Crippen LogP) is 0.903. The summed E-state index contributed by atoms with van der Waals surface area (Å²) in [5.41, 5.74) is 6.50. The molecule has 13 heavy (non-hydrogen) atoms. The van der Waals surface area contributed by atoms with E-state index in [1.165, 1.54) is 0 Å². The van der Waals surface area contributed by atoms with Gasteiger partial charge in [0.05, 0.1) is 0 Å². The maximum Gasteiger partial charge on any atom is 0.268 e. The van der Waals surface area contributed by atoms with Gasteiger partial charge < -0.3 is 16.0 Å². The van der Waals surface area contributed by atoms with Crippen LogP contribution in [-0.4, -0.2) is 17.4 Å². The number of nitrogen functional groups attached to an aromatic ring is 1. The Bertz CT molecular complexity index is 314. The number of nitrogens with two attached hydrogens (primary N) is 1. The topological polar surface area (TPSA) is 70.9 Å². The van der Waals surface area contributed by atoms with Gasteiger partial charge in [-0.2, -0.15) is 0 Å². The first-order valence-electron chi connectivity index (χ1n) is 4.07. The van der Waals surface area contributed by atoms with Crippen LogP contribution in [0.1, 0.15) is 17.4 Å². The zero-order valence-electron chi connectivity index (χ0n) is 7.50. The van der Waals surface area contributed by atoms with E-state index in [-0.39, 0.29) is 5.91 Å². The Hall–Kier alpha value is -1.71. The molecule has 0 atom stereocenters. The van der Waals surface area contributed by atoms with Crippen LogP contribution in [0.25, 0.3) is 0 Å². The molecular weight excluding hydrogens is 166 g/mol. The molecule has 1 heterocycles. The standard InChI is InChI=1S/C9H13N3O/c1-2-3-4-11-9(13)8-5-7(10)6-12-8/h2-3,5-6,12H,4,10H2,1H3,(H,11,13)/b3-2+. The normalized spacial score (nSPS) is 10.5. The van der Waals surface area contributed by atoms with Crippen LogP contribution in [0.5, 0.6) is 0 Å². The number of nitrogens with one attached hydrogen (secondary N) is 2. The average Bonchev–Trinajstić information content (AvgIpc) is 2.52. The fourth-order valence-electron chi connectivity index (χ4n) is 0.907. The summed E-state index contributed by atoms with van der Waals surface area (Å²) in [6, 6.07) is 1.60. The third-order valence-corrected chi connectivity index (χ3v) is 1.57. The van der Waals surface area contributed by atoms with Crippen LogP contribution in [-0.2, 0) is 0 Å². The fraction of sp³-hybridized carbons (Fsp3) is 0.222. The molecule has 1 aromatic rings. The van der Waals surface area contributed by atoms with Crippen molar-refractivity contribution in [3.05, 3.63) is 30.1 Å². The molecule has 0 unspecified atom stereocenters. The minimum atomic E-state index is -0.144. The monoisotopic (exact) mass is 179 g/mol. The lowest BCUT2D eigenvalue weighted by Gasteiger charge is -1.97. The van der Waals surface area contributed by atoms with Gasteiger partial charge in [-0.05, 0) is 13.0 Å². The molecule has 0 bridgehead atoms. The highest BCUT2D eigenvalue weighted by Gasteiger charge is 2.04. The Kier molecular flexibility index (Phi) is 3.14. The molecule has 0 aliphatic carbocycles. The molecule has 0 fully saturated rings. The number of allylic oxidation sites excluding steroid dienone is 1. The molecule has 0 aromatic carbocycles. The van der Waals surface area contributed by atoms with E-state index in [4.69, 9.17) is 5.73 Å². The van der Waals surface area contributed by atoms with E-state index in [2.05, 4.69) is 10.3 Å². The van der Waals surface area contributed by atoms with Gasteiger partial charge in [-0.25, -0.2) is 0 Å². The molecule has 1 rings (SSSR count). The van der Waals surface area contributed by atoms with E-state index in [9.17, 15) is 4.79 Å². The van der Waals surface area contributed by atoms with Gasteiger partial charge in [-0.15, -0.1) is 0 Å². The third kappa shape index (κ3) is 2.66. The van der Waals surface area contributed by atoms with E-state index in [0.717, 1.165) is 0 Å². The number of carbonyl (C=O) groups excluding carboxylic acids is 1. The number of H-pyrrole nitrogens is 1. The van der Waals surface area contributed by atoms with E-state index in [1.54, 1.807) is 12.3 Å². The Morgan fingerprint density at radius 1 is 1.77 bits per heavy atom. The van der Waals surface area contributed by atoms with Crippen LogP contribution in [0.4, 0.5) is 5.69 Å². The van der Waals surface area contributed by atoms with E-state index >= 15 is 0 Å². The second-order valence-corrected chi connectivity index (χ2v) is 2.63. The lowest BCUT2D eigenvalue weighted by atomic mass is 10.4. The minimum Gasteiger partial charge on any atom is -0.397 e. The highest BCUT2D eigenvalue weighted by atomic mass is 16.1. The molecule has 0 saturated carbocycles. The summed E-state index contributed by atoms with van der Waals surface area (Å²) >= 11 is 0. The molecule has 0 spiro atoms. The van der Waals surface area contributed by atoms with Crippen LogP contribution in [0.15, 0.2) is 24.4 Å². The number of hydrogen-bond acceptors (Lipinski definition) is 2. The van der Waals surface area contributed by atoms with Crippen LogP contribution < -0.4 is 11.1 Å². The SMILES string of the molecule is C/C=C/CNC(=O)c1cc(N)c[nH]1. The maximum atomic E-state index is 11.3. The number of hydrogen-bond donors (Lipinski definition) is 3. The summed E-state index contributed by atoms with van der Waals surface area (Å²) in [6.45, 7) is 2.44. The van der Waals surface area contributed by atoms with Crippen LogP contribution in [0.3, 0.4) is 0 Å². The Morgan fingerprint density at radius 2 is 2.54 bits per heavy atom. The minimum absolute atomic E-state index is 0.144. The van der Waals surface area contributed by atoms with Crippen molar-refractivity contribution in [3.63, 3.8) is 0 Å². The summed E-state index contributed by atoms with van der Waals surface area (Å²) in [5, 5.41) is 2.70. The van der Waals surface area contributed by atoms with Gasteiger partial charge in [0.2, 0.25) is 0 Å². The first kappa shape index (κ1) is 9.38. The molecule has 1 amide bonds. The van der Waals surface area contributed by atoms with Crippen molar-refractivity contribution in [2.45, 2.75) is 6.92 Å². The third-order valence-electron chi connectivity index (χ3n) is 1.57. The summed E-state index contributed by atoms with van der Waals surface area (Å²) in [5.74, 6) is -0.144. The maximum absolute atomic E-state index is 11.3. The fourth-order valence-corrected chi connectivity index (χ4v) is 0.907. The van der Waals surface area contributed by atoms with Crippen LogP contribution in [0.2, 0.25) is 0 Å². The number of anilines is 1. The van der Waals surface area contributed by atoms with Gasteiger partial charge in [0, 0.05) is 18.4 Å². The molecule has 4 N–H and O–H groups in total. The van der Waals surface area contributed by atoms with Crippen molar-refractivity contribution in [2.24, 2.45) is 0 Å². The molecule has 0 aliphatic rings. The summed E-state index contributed by atoms with van der Waals surface area (Å²) < 4.78 is 0. The van der Waals surface area contributed by atoms with Crippen molar-refractivity contribution in [3.8, 4) is 0 Å². The van der Waals surface area contributed by atoms with Crippen molar-refractivity contribution in [1.82, 2.24) is 10.3 Å². The Balaban J connectivity index is 2.49. The van der Waals surface area contributed by atoms with Crippen molar-refractivity contribution in [2.75, 3.05) is 12.3 Å². The quantitative estimate of drug-likeness (QED) is 0.603. The molecule has 4 nitrogen and oxygen atoms in total. The second-order valence-electron chi connectivity index (χ2n) is 2.63. The summed E-state index contributed by atoms with van der Waals surface area (Å²) in [4.78, 5) is 14.1. The highest BCUT2D eigenvalue weighted by molar-refractivity contribution is 5.93. The van der Waals surface area contributed by atoms with Crippen LogP contribution >= 0.6 is 0 Å². The number of aromatic amines is 1. The lowest BCUT2D eigenvalue weighted by Crippen LogP contribution is -2.23. The van der Waals surface area contributed by atoms with E-state index < -0.39 is 0 Å².